The SMILES string of the molecule is CNC(=O)C[C@@H]1CNC[C@H](CC(C)C)N1CC(=O)NCc1ccccc1. The Balaban J connectivity index is 1.99. The molecular weight excluding hydrogens is 328 g/mol. The van der Waals surface area contributed by atoms with Crippen LogP contribution >= 0.6 is 0 Å². The highest BCUT2D eigenvalue weighted by Gasteiger charge is 2.33. The van der Waals surface area contributed by atoms with Gasteiger partial charge < -0.3 is 16.0 Å². The van der Waals surface area contributed by atoms with Gasteiger partial charge in [-0.3, -0.25) is 14.5 Å². The molecule has 0 unspecified atom stereocenters. The summed E-state index contributed by atoms with van der Waals surface area (Å²) in [6.45, 7) is 6.82. The zero-order chi connectivity index (χ0) is 18.9. The maximum atomic E-state index is 12.5. The molecule has 0 bridgehead atoms. The number of benzene rings is 1. The monoisotopic (exact) mass is 360 g/mol. The second kappa shape index (κ2) is 10.3. The molecule has 1 aliphatic rings. The van der Waals surface area contributed by atoms with Gasteiger partial charge in [0.25, 0.3) is 0 Å². The number of hydrogen-bond donors (Lipinski definition) is 3. The standard InChI is InChI=1S/C20H32N4O2/c1-15(2)9-17-12-22-13-18(10-19(25)21-3)24(17)14-20(26)23-11-16-7-5-4-6-8-16/h4-8,15,17-18,22H,9-14H2,1-3H3,(H,21,25)(H,23,26)/t17-,18+/m0/s1. The third-order valence-corrected chi connectivity index (χ3v) is 4.80. The number of nitrogens with one attached hydrogen (secondary N) is 3. The smallest absolute Gasteiger partial charge is 0.234 e. The normalized spacial score (nSPS) is 20.8. The molecule has 0 saturated carbocycles. The van der Waals surface area contributed by atoms with Gasteiger partial charge in [-0.05, 0) is 17.9 Å². The summed E-state index contributed by atoms with van der Waals surface area (Å²) >= 11 is 0. The summed E-state index contributed by atoms with van der Waals surface area (Å²) in [5.74, 6) is 0.554. The Morgan fingerprint density at radius 2 is 1.85 bits per heavy atom. The van der Waals surface area contributed by atoms with Gasteiger partial charge in [0.15, 0.2) is 0 Å². The molecule has 1 heterocycles. The van der Waals surface area contributed by atoms with E-state index < -0.39 is 0 Å². The van der Waals surface area contributed by atoms with Crippen molar-refractivity contribution in [3.05, 3.63) is 35.9 Å². The third-order valence-electron chi connectivity index (χ3n) is 4.80. The van der Waals surface area contributed by atoms with Crippen molar-refractivity contribution < 1.29 is 9.59 Å². The van der Waals surface area contributed by atoms with E-state index in [1.54, 1.807) is 7.05 Å². The third kappa shape index (κ3) is 6.42. The van der Waals surface area contributed by atoms with Crippen LogP contribution in [-0.2, 0) is 16.1 Å². The van der Waals surface area contributed by atoms with Crippen molar-refractivity contribution in [1.29, 1.82) is 0 Å². The van der Waals surface area contributed by atoms with E-state index in [4.69, 9.17) is 0 Å². The van der Waals surface area contributed by atoms with E-state index in [2.05, 4.69) is 34.7 Å². The molecule has 2 amide bonds. The van der Waals surface area contributed by atoms with Crippen LogP contribution in [0, 0.1) is 5.92 Å². The van der Waals surface area contributed by atoms with E-state index in [0.29, 0.717) is 25.4 Å². The Labute approximate surface area is 156 Å². The predicted molar refractivity (Wildman–Crippen MR) is 104 cm³/mol. The highest BCUT2D eigenvalue weighted by Crippen LogP contribution is 2.19. The summed E-state index contributed by atoms with van der Waals surface area (Å²) in [5, 5.41) is 9.13. The van der Waals surface area contributed by atoms with Crippen molar-refractivity contribution in [3.63, 3.8) is 0 Å². The van der Waals surface area contributed by atoms with Crippen LogP contribution in [0.3, 0.4) is 0 Å². The summed E-state index contributed by atoms with van der Waals surface area (Å²) in [6, 6.07) is 10.2. The average Bonchev–Trinajstić information content (AvgIpc) is 2.63. The van der Waals surface area contributed by atoms with Gasteiger partial charge in [0, 0.05) is 45.2 Å². The first-order chi connectivity index (χ1) is 12.5. The van der Waals surface area contributed by atoms with Crippen LogP contribution in [0.25, 0.3) is 0 Å². The maximum absolute atomic E-state index is 12.5. The highest BCUT2D eigenvalue weighted by molar-refractivity contribution is 5.79. The minimum atomic E-state index is 0.00594. The largest absolute Gasteiger partial charge is 0.359 e. The zero-order valence-corrected chi connectivity index (χ0v) is 16.1. The second-order valence-electron chi connectivity index (χ2n) is 7.41. The van der Waals surface area contributed by atoms with Gasteiger partial charge in [-0.2, -0.15) is 0 Å². The van der Waals surface area contributed by atoms with Gasteiger partial charge in [-0.1, -0.05) is 44.2 Å². The van der Waals surface area contributed by atoms with Gasteiger partial charge in [0.1, 0.15) is 0 Å². The molecule has 1 fully saturated rings. The Bertz CT molecular complexity index is 576. The van der Waals surface area contributed by atoms with Crippen molar-refractivity contribution in [2.75, 3.05) is 26.7 Å². The Morgan fingerprint density at radius 1 is 1.15 bits per heavy atom. The lowest BCUT2D eigenvalue weighted by Crippen LogP contribution is -2.60. The summed E-state index contributed by atoms with van der Waals surface area (Å²) in [4.78, 5) is 26.6. The van der Waals surface area contributed by atoms with Crippen molar-refractivity contribution in [2.45, 2.75) is 45.3 Å². The summed E-state index contributed by atoms with van der Waals surface area (Å²) in [6.07, 6.45) is 1.41. The number of rotatable bonds is 8. The predicted octanol–water partition coefficient (Wildman–Crippen LogP) is 1.13. The number of hydrogen-bond acceptors (Lipinski definition) is 4. The van der Waals surface area contributed by atoms with Gasteiger partial charge in [0.05, 0.1) is 6.54 Å². The van der Waals surface area contributed by atoms with E-state index in [0.717, 1.165) is 25.1 Å². The molecule has 2 rings (SSSR count). The maximum Gasteiger partial charge on any atom is 0.234 e. The van der Waals surface area contributed by atoms with Crippen LogP contribution in [0.1, 0.15) is 32.3 Å². The van der Waals surface area contributed by atoms with Crippen LogP contribution < -0.4 is 16.0 Å². The lowest BCUT2D eigenvalue weighted by molar-refractivity contribution is -0.127. The molecule has 6 nitrogen and oxygen atoms in total. The fraction of sp³-hybridized carbons (Fsp3) is 0.600. The number of amides is 2. The molecule has 0 spiro atoms. The van der Waals surface area contributed by atoms with Gasteiger partial charge in [-0.15, -0.1) is 0 Å². The first-order valence-corrected chi connectivity index (χ1v) is 9.47. The number of nitrogens with zero attached hydrogens (tertiary/aromatic N) is 1. The molecule has 26 heavy (non-hydrogen) atoms. The lowest BCUT2D eigenvalue weighted by Gasteiger charge is -2.42. The summed E-state index contributed by atoms with van der Waals surface area (Å²) in [7, 11) is 1.65. The van der Waals surface area contributed by atoms with E-state index >= 15 is 0 Å². The number of carbonyl (C=O) groups is 2. The molecule has 0 aliphatic carbocycles. The Morgan fingerprint density at radius 3 is 2.50 bits per heavy atom. The molecule has 1 aromatic carbocycles. The van der Waals surface area contributed by atoms with Gasteiger partial charge >= 0.3 is 0 Å². The molecule has 0 radical (unpaired) electrons. The van der Waals surface area contributed by atoms with E-state index in [1.165, 1.54) is 0 Å². The molecule has 3 N–H and O–H groups in total. The first-order valence-electron chi connectivity index (χ1n) is 9.47. The molecule has 1 aliphatic heterocycles. The highest BCUT2D eigenvalue weighted by atomic mass is 16.2. The molecule has 1 saturated heterocycles. The Hall–Kier alpha value is -1.92. The van der Waals surface area contributed by atoms with Crippen LogP contribution in [-0.4, -0.2) is 55.5 Å². The van der Waals surface area contributed by atoms with Gasteiger partial charge in [-0.25, -0.2) is 0 Å². The minimum Gasteiger partial charge on any atom is -0.359 e. The van der Waals surface area contributed by atoms with E-state index in [-0.39, 0.29) is 23.9 Å². The summed E-state index contributed by atoms with van der Waals surface area (Å²) < 4.78 is 0. The van der Waals surface area contributed by atoms with E-state index in [9.17, 15) is 9.59 Å². The topological polar surface area (TPSA) is 73.5 Å². The van der Waals surface area contributed by atoms with Crippen molar-refractivity contribution in [2.24, 2.45) is 5.92 Å². The van der Waals surface area contributed by atoms with Crippen LogP contribution in [0.4, 0.5) is 0 Å². The number of piperazine rings is 1. The van der Waals surface area contributed by atoms with Crippen LogP contribution in [0.2, 0.25) is 0 Å². The second-order valence-corrected chi connectivity index (χ2v) is 7.41. The molecule has 144 valence electrons. The fourth-order valence-electron chi connectivity index (χ4n) is 3.49. The minimum absolute atomic E-state index is 0.00594. The number of carbonyl (C=O) groups excluding carboxylic acids is 2. The molecule has 6 heteroatoms. The van der Waals surface area contributed by atoms with Crippen molar-refractivity contribution in [1.82, 2.24) is 20.9 Å². The molecule has 2 atom stereocenters. The molecular formula is C20H32N4O2. The average molecular weight is 361 g/mol. The zero-order valence-electron chi connectivity index (χ0n) is 16.1. The molecule has 0 aromatic heterocycles. The summed E-state index contributed by atoms with van der Waals surface area (Å²) in [5.41, 5.74) is 1.09. The Kier molecular flexibility index (Phi) is 8.06. The lowest BCUT2D eigenvalue weighted by atomic mass is 9.96. The van der Waals surface area contributed by atoms with Crippen molar-refractivity contribution in [3.8, 4) is 0 Å². The first kappa shape index (κ1) is 20.4. The van der Waals surface area contributed by atoms with Crippen LogP contribution in [0.5, 0.6) is 0 Å². The molecule has 1 aromatic rings. The van der Waals surface area contributed by atoms with E-state index in [1.807, 2.05) is 30.3 Å². The van der Waals surface area contributed by atoms with Crippen molar-refractivity contribution >= 4 is 11.8 Å². The fourth-order valence-corrected chi connectivity index (χ4v) is 3.49. The van der Waals surface area contributed by atoms with Gasteiger partial charge in [0.2, 0.25) is 11.8 Å². The quantitative estimate of drug-likeness (QED) is 0.650. The van der Waals surface area contributed by atoms with Crippen LogP contribution in [0.15, 0.2) is 30.3 Å².